The van der Waals surface area contributed by atoms with Crippen LogP contribution in [0.4, 0.5) is 17.6 Å². The molecule has 0 spiro atoms. The molecule has 3 rings (SSSR count). The molecule has 1 amide bonds. The number of halogens is 4. The molecule has 0 aromatic heterocycles. The highest BCUT2D eigenvalue weighted by Crippen LogP contribution is 2.29. The highest BCUT2D eigenvalue weighted by atomic mass is 19.4. The summed E-state index contributed by atoms with van der Waals surface area (Å²) in [4.78, 5) is 14.1. The molecule has 2 aromatic rings. The molecule has 2 aromatic carbocycles. The van der Waals surface area contributed by atoms with Crippen LogP contribution < -0.4 is 5.32 Å². The summed E-state index contributed by atoms with van der Waals surface area (Å²) >= 11 is 0. The SMILES string of the molecule is O=C1CC[C@H](CCNCc2cccc(C(F)(F)F)c2)N1CCc1ccc(F)cc1. The second-order valence-electron chi connectivity index (χ2n) is 7.32. The number of carbonyl (C=O) groups excluding carboxylic acids is 1. The van der Waals surface area contributed by atoms with Crippen LogP contribution >= 0.6 is 0 Å². The van der Waals surface area contributed by atoms with E-state index in [-0.39, 0.29) is 17.8 Å². The Morgan fingerprint density at radius 2 is 1.83 bits per heavy atom. The second-order valence-corrected chi connectivity index (χ2v) is 7.32. The quantitative estimate of drug-likeness (QED) is 0.513. The van der Waals surface area contributed by atoms with Gasteiger partial charge in [-0.15, -0.1) is 0 Å². The van der Waals surface area contributed by atoms with E-state index in [1.165, 1.54) is 18.2 Å². The number of likely N-dealkylation sites (tertiary alicyclic amines) is 1. The first-order valence-electron chi connectivity index (χ1n) is 9.74. The maximum absolute atomic E-state index is 13.0. The Hall–Kier alpha value is -2.41. The Morgan fingerprint density at radius 1 is 1.07 bits per heavy atom. The van der Waals surface area contributed by atoms with Crippen molar-refractivity contribution in [2.75, 3.05) is 13.1 Å². The molecule has 156 valence electrons. The molecule has 29 heavy (non-hydrogen) atoms. The summed E-state index contributed by atoms with van der Waals surface area (Å²) < 4.78 is 51.3. The fourth-order valence-corrected chi connectivity index (χ4v) is 3.66. The van der Waals surface area contributed by atoms with Crippen molar-refractivity contribution in [1.82, 2.24) is 10.2 Å². The van der Waals surface area contributed by atoms with Gasteiger partial charge in [-0.3, -0.25) is 4.79 Å². The Kier molecular flexibility index (Phi) is 6.90. The van der Waals surface area contributed by atoms with Gasteiger partial charge >= 0.3 is 6.18 Å². The van der Waals surface area contributed by atoms with Crippen LogP contribution in [0.2, 0.25) is 0 Å². The first-order chi connectivity index (χ1) is 13.8. The highest BCUT2D eigenvalue weighted by Gasteiger charge is 2.31. The van der Waals surface area contributed by atoms with E-state index in [0.29, 0.717) is 38.0 Å². The van der Waals surface area contributed by atoms with Gasteiger partial charge in [0.05, 0.1) is 5.56 Å². The number of hydrogen-bond donors (Lipinski definition) is 1. The van der Waals surface area contributed by atoms with Gasteiger partial charge in [0.25, 0.3) is 0 Å². The van der Waals surface area contributed by atoms with Crippen LogP contribution in [0.25, 0.3) is 0 Å². The van der Waals surface area contributed by atoms with Crippen molar-refractivity contribution < 1.29 is 22.4 Å². The van der Waals surface area contributed by atoms with Crippen LogP contribution in [0.1, 0.15) is 36.0 Å². The number of benzene rings is 2. The summed E-state index contributed by atoms with van der Waals surface area (Å²) in [5.41, 5.74) is 0.910. The zero-order chi connectivity index (χ0) is 20.9. The normalized spacial score (nSPS) is 17.2. The number of rotatable bonds is 8. The Bertz CT molecular complexity index is 820. The summed E-state index contributed by atoms with van der Waals surface area (Å²) in [6.07, 6.45) is -1.63. The van der Waals surface area contributed by atoms with Crippen LogP contribution in [-0.4, -0.2) is 29.9 Å². The van der Waals surface area contributed by atoms with Gasteiger partial charge in [-0.1, -0.05) is 30.3 Å². The first kappa shape index (κ1) is 21.3. The third-order valence-electron chi connectivity index (χ3n) is 5.24. The molecule has 1 atom stereocenters. The van der Waals surface area contributed by atoms with Crippen molar-refractivity contribution in [3.8, 4) is 0 Å². The average molecular weight is 408 g/mol. The number of hydrogen-bond acceptors (Lipinski definition) is 2. The molecule has 1 aliphatic heterocycles. The molecular weight excluding hydrogens is 384 g/mol. The lowest BCUT2D eigenvalue weighted by Crippen LogP contribution is -2.36. The largest absolute Gasteiger partial charge is 0.416 e. The molecule has 1 fully saturated rings. The molecule has 1 saturated heterocycles. The molecule has 1 aliphatic rings. The Labute approximate surface area is 167 Å². The molecule has 7 heteroatoms. The van der Waals surface area contributed by atoms with Gasteiger partial charge in [0.2, 0.25) is 5.91 Å². The topological polar surface area (TPSA) is 32.3 Å². The summed E-state index contributed by atoms with van der Waals surface area (Å²) in [5.74, 6) is -0.161. The van der Waals surface area contributed by atoms with Gasteiger partial charge in [-0.2, -0.15) is 13.2 Å². The fraction of sp³-hybridized carbons (Fsp3) is 0.409. The molecule has 1 heterocycles. The maximum atomic E-state index is 13.0. The first-order valence-corrected chi connectivity index (χ1v) is 9.74. The minimum absolute atomic E-state index is 0.120. The Balaban J connectivity index is 1.45. The Morgan fingerprint density at radius 3 is 2.55 bits per heavy atom. The summed E-state index contributed by atoms with van der Waals surface area (Å²) in [6.45, 7) is 1.55. The maximum Gasteiger partial charge on any atom is 0.416 e. The molecule has 0 radical (unpaired) electrons. The number of amides is 1. The van der Waals surface area contributed by atoms with E-state index in [4.69, 9.17) is 0 Å². The minimum Gasteiger partial charge on any atom is -0.339 e. The van der Waals surface area contributed by atoms with E-state index in [0.717, 1.165) is 30.5 Å². The smallest absolute Gasteiger partial charge is 0.339 e. The van der Waals surface area contributed by atoms with Gasteiger partial charge in [-0.05, 0) is 55.1 Å². The number of nitrogens with zero attached hydrogens (tertiary/aromatic N) is 1. The van der Waals surface area contributed by atoms with E-state index in [9.17, 15) is 22.4 Å². The van der Waals surface area contributed by atoms with E-state index < -0.39 is 11.7 Å². The van der Waals surface area contributed by atoms with Crippen molar-refractivity contribution in [3.05, 3.63) is 71.0 Å². The van der Waals surface area contributed by atoms with Crippen LogP contribution in [-0.2, 0) is 23.9 Å². The molecule has 0 saturated carbocycles. The zero-order valence-electron chi connectivity index (χ0n) is 16.0. The molecule has 1 N–H and O–H groups in total. The van der Waals surface area contributed by atoms with Crippen molar-refractivity contribution in [2.45, 2.75) is 44.4 Å². The lowest BCUT2D eigenvalue weighted by molar-refractivity contribution is -0.137. The van der Waals surface area contributed by atoms with E-state index in [1.54, 1.807) is 18.2 Å². The molecule has 0 bridgehead atoms. The lowest BCUT2D eigenvalue weighted by atomic mass is 10.1. The zero-order valence-corrected chi connectivity index (χ0v) is 16.0. The molecule has 3 nitrogen and oxygen atoms in total. The second kappa shape index (κ2) is 9.39. The van der Waals surface area contributed by atoms with Crippen molar-refractivity contribution in [2.24, 2.45) is 0 Å². The van der Waals surface area contributed by atoms with Crippen molar-refractivity contribution in [3.63, 3.8) is 0 Å². The van der Waals surface area contributed by atoms with Crippen LogP contribution in [0, 0.1) is 5.82 Å². The molecular formula is C22H24F4N2O. The number of alkyl halides is 3. The fourth-order valence-electron chi connectivity index (χ4n) is 3.66. The van der Waals surface area contributed by atoms with Gasteiger partial charge < -0.3 is 10.2 Å². The predicted octanol–water partition coefficient (Wildman–Crippen LogP) is 4.56. The van der Waals surface area contributed by atoms with Crippen LogP contribution in [0.3, 0.4) is 0 Å². The minimum atomic E-state index is -4.34. The van der Waals surface area contributed by atoms with Crippen LogP contribution in [0.5, 0.6) is 0 Å². The summed E-state index contributed by atoms with van der Waals surface area (Å²) in [6, 6.07) is 11.7. The van der Waals surface area contributed by atoms with E-state index >= 15 is 0 Å². The van der Waals surface area contributed by atoms with Gasteiger partial charge in [0, 0.05) is 25.6 Å². The monoisotopic (exact) mass is 408 g/mol. The number of nitrogens with one attached hydrogen (secondary N) is 1. The summed E-state index contributed by atoms with van der Waals surface area (Å²) in [7, 11) is 0. The van der Waals surface area contributed by atoms with Gasteiger partial charge in [0.15, 0.2) is 0 Å². The van der Waals surface area contributed by atoms with Gasteiger partial charge in [0.1, 0.15) is 5.82 Å². The molecule has 0 aliphatic carbocycles. The highest BCUT2D eigenvalue weighted by molar-refractivity contribution is 5.78. The summed E-state index contributed by atoms with van der Waals surface area (Å²) in [5, 5.41) is 3.18. The third-order valence-corrected chi connectivity index (χ3v) is 5.24. The van der Waals surface area contributed by atoms with E-state index in [2.05, 4.69) is 5.32 Å². The average Bonchev–Trinajstić information content (AvgIpc) is 3.04. The van der Waals surface area contributed by atoms with Gasteiger partial charge in [-0.25, -0.2) is 4.39 Å². The third kappa shape index (κ3) is 6.03. The van der Waals surface area contributed by atoms with E-state index in [1.807, 2.05) is 4.90 Å². The van der Waals surface area contributed by atoms with Crippen molar-refractivity contribution >= 4 is 5.91 Å². The van der Waals surface area contributed by atoms with Crippen molar-refractivity contribution in [1.29, 1.82) is 0 Å². The number of carbonyl (C=O) groups is 1. The van der Waals surface area contributed by atoms with Crippen LogP contribution in [0.15, 0.2) is 48.5 Å². The molecule has 0 unspecified atom stereocenters. The standard InChI is InChI=1S/C22H24F4N2O/c23-19-6-4-16(5-7-19)11-13-28-20(8-9-21(28)29)10-12-27-15-17-2-1-3-18(14-17)22(24,25)26/h1-7,14,20,27H,8-13,15H2/t20-/m1/s1. The lowest BCUT2D eigenvalue weighted by Gasteiger charge is -2.25. The predicted molar refractivity (Wildman–Crippen MR) is 103 cm³/mol.